The van der Waals surface area contributed by atoms with Crippen LogP contribution in [0.4, 0.5) is 4.79 Å². The molecule has 0 aliphatic carbocycles. The van der Waals surface area contributed by atoms with E-state index < -0.39 is 17.7 Å². The van der Waals surface area contributed by atoms with Gasteiger partial charge in [0.05, 0.1) is 32.2 Å². The lowest BCUT2D eigenvalue weighted by Gasteiger charge is -2.23. The van der Waals surface area contributed by atoms with Gasteiger partial charge in [0.25, 0.3) is 0 Å². The Hall–Kier alpha value is -2.42. The van der Waals surface area contributed by atoms with E-state index in [2.05, 4.69) is 21.3 Å². The van der Waals surface area contributed by atoms with E-state index in [0.29, 0.717) is 72.0 Å². The van der Waals surface area contributed by atoms with E-state index in [1.165, 1.54) is 7.05 Å². The monoisotopic (exact) mass is 620 g/mol. The third-order valence-corrected chi connectivity index (χ3v) is 6.18. The number of thioether (sulfide) groups is 1. The summed E-state index contributed by atoms with van der Waals surface area (Å²) in [6.07, 6.45) is 1.43. The van der Waals surface area contributed by atoms with E-state index in [-0.39, 0.29) is 47.3 Å². The highest BCUT2D eigenvalue weighted by molar-refractivity contribution is 8.14. The summed E-state index contributed by atoms with van der Waals surface area (Å²) in [4.78, 5) is 59.5. The topological polar surface area (TPSA) is 170 Å². The molecule has 0 saturated heterocycles. The molecule has 0 radical (unpaired) electrons. The molecule has 4 N–H and O–H groups in total. The van der Waals surface area contributed by atoms with Crippen LogP contribution in [0, 0.1) is 5.92 Å². The van der Waals surface area contributed by atoms with Crippen LogP contribution in [0.3, 0.4) is 0 Å². The summed E-state index contributed by atoms with van der Waals surface area (Å²) in [7, 11) is 1.54. The summed E-state index contributed by atoms with van der Waals surface area (Å²) in [5.74, 6) is -0.439. The molecule has 13 nitrogen and oxygen atoms in total. The molecule has 1 unspecified atom stereocenters. The maximum atomic E-state index is 12.6. The fourth-order valence-corrected chi connectivity index (χ4v) is 3.94. The van der Waals surface area contributed by atoms with Crippen molar-refractivity contribution in [2.24, 2.45) is 5.92 Å². The van der Waals surface area contributed by atoms with E-state index in [0.717, 1.165) is 11.8 Å². The maximum absolute atomic E-state index is 12.6. The van der Waals surface area contributed by atoms with Crippen LogP contribution in [-0.2, 0) is 38.1 Å². The Morgan fingerprint density at radius 1 is 0.738 bits per heavy atom. The largest absolute Gasteiger partial charge is 0.444 e. The molecule has 0 aromatic heterocycles. The van der Waals surface area contributed by atoms with Crippen molar-refractivity contribution in [1.29, 1.82) is 0 Å². The summed E-state index contributed by atoms with van der Waals surface area (Å²) < 4.78 is 21.6. The van der Waals surface area contributed by atoms with Gasteiger partial charge in [-0.05, 0) is 46.0 Å². The van der Waals surface area contributed by atoms with E-state index >= 15 is 0 Å². The number of alkyl carbamates (subject to hydrolysis) is 1. The van der Waals surface area contributed by atoms with Crippen LogP contribution in [0.2, 0.25) is 0 Å². The Bertz CT molecular complexity index is 807. The SMILES string of the molecule is CNC(=O)CCC(=O)NCCCOCCOCCOCCCNC(=O)CSC(=O)C(CC(C)C)NC(=O)OC(C)(C)C. The molecule has 244 valence electrons. The number of carbonyl (C=O) groups excluding carboxylic acids is 5. The van der Waals surface area contributed by atoms with Gasteiger partial charge in [0.1, 0.15) is 11.6 Å². The Morgan fingerprint density at radius 2 is 1.24 bits per heavy atom. The molecule has 14 heteroatoms. The molecule has 0 heterocycles. The van der Waals surface area contributed by atoms with Gasteiger partial charge in [0, 0.05) is 46.2 Å². The van der Waals surface area contributed by atoms with Crippen molar-refractivity contribution in [3.8, 4) is 0 Å². The smallest absolute Gasteiger partial charge is 0.408 e. The van der Waals surface area contributed by atoms with Crippen molar-refractivity contribution < 1.29 is 42.9 Å². The first-order chi connectivity index (χ1) is 19.8. The third-order valence-electron chi connectivity index (χ3n) is 5.21. The fourth-order valence-electron chi connectivity index (χ4n) is 3.21. The van der Waals surface area contributed by atoms with Crippen molar-refractivity contribution >= 4 is 40.7 Å². The van der Waals surface area contributed by atoms with Crippen LogP contribution in [0.1, 0.15) is 66.7 Å². The molecule has 4 amide bonds. The Morgan fingerprint density at radius 3 is 1.74 bits per heavy atom. The molecule has 0 aliphatic heterocycles. The summed E-state index contributed by atoms with van der Waals surface area (Å²) in [6.45, 7) is 12.7. The van der Waals surface area contributed by atoms with Crippen molar-refractivity contribution in [2.75, 3.05) is 65.5 Å². The molecule has 0 aliphatic rings. The third kappa shape index (κ3) is 25.3. The maximum Gasteiger partial charge on any atom is 0.408 e. The Kier molecular flexibility index (Phi) is 22.7. The van der Waals surface area contributed by atoms with Crippen molar-refractivity contribution in [3.63, 3.8) is 0 Å². The highest BCUT2D eigenvalue weighted by Gasteiger charge is 2.26. The van der Waals surface area contributed by atoms with Gasteiger partial charge in [-0.3, -0.25) is 19.2 Å². The highest BCUT2D eigenvalue weighted by atomic mass is 32.2. The van der Waals surface area contributed by atoms with E-state index in [4.69, 9.17) is 18.9 Å². The average molecular weight is 621 g/mol. The van der Waals surface area contributed by atoms with Crippen LogP contribution in [0.5, 0.6) is 0 Å². The number of hydrogen-bond donors (Lipinski definition) is 4. The molecule has 0 spiro atoms. The highest BCUT2D eigenvalue weighted by Crippen LogP contribution is 2.15. The minimum Gasteiger partial charge on any atom is -0.444 e. The summed E-state index contributed by atoms with van der Waals surface area (Å²) >= 11 is 0.877. The Balaban J connectivity index is 3.74. The average Bonchev–Trinajstić information content (AvgIpc) is 2.90. The summed E-state index contributed by atoms with van der Waals surface area (Å²) in [6, 6.07) is -0.729. The Labute approximate surface area is 254 Å². The molecule has 0 saturated carbocycles. The molecule has 0 bridgehead atoms. The number of carbonyl (C=O) groups is 5. The number of hydrogen-bond acceptors (Lipinski definition) is 10. The molecule has 0 aromatic carbocycles. The second-order valence-electron chi connectivity index (χ2n) is 10.9. The summed E-state index contributed by atoms with van der Waals surface area (Å²) in [5, 5.41) is 10.3. The fraction of sp³-hybridized carbons (Fsp3) is 0.821. The van der Waals surface area contributed by atoms with E-state index in [1.807, 2.05) is 13.8 Å². The second kappa shape index (κ2) is 24.1. The molecule has 0 aromatic rings. The van der Waals surface area contributed by atoms with Crippen molar-refractivity contribution in [2.45, 2.75) is 78.4 Å². The van der Waals surface area contributed by atoms with Gasteiger partial charge in [-0.1, -0.05) is 25.6 Å². The van der Waals surface area contributed by atoms with E-state index in [9.17, 15) is 24.0 Å². The first-order valence-corrected chi connectivity index (χ1v) is 15.5. The number of nitrogens with one attached hydrogen (secondary N) is 4. The van der Waals surface area contributed by atoms with Gasteiger partial charge < -0.3 is 40.2 Å². The quantitative estimate of drug-likeness (QED) is 0.124. The van der Waals surface area contributed by atoms with Crippen molar-refractivity contribution in [1.82, 2.24) is 21.3 Å². The normalized spacial score (nSPS) is 12.0. The zero-order valence-electron chi connectivity index (χ0n) is 26.1. The first kappa shape index (κ1) is 39.6. The lowest BCUT2D eigenvalue weighted by molar-refractivity contribution is -0.126. The molecular formula is C28H52N4O9S. The molecule has 42 heavy (non-hydrogen) atoms. The van der Waals surface area contributed by atoms with Crippen LogP contribution in [-0.4, -0.2) is 106 Å². The minimum absolute atomic E-state index is 0.0338. The van der Waals surface area contributed by atoms with Gasteiger partial charge >= 0.3 is 6.09 Å². The minimum atomic E-state index is -0.729. The van der Waals surface area contributed by atoms with Gasteiger partial charge in [0.2, 0.25) is 22.8 Å². The van der Waals surface area contributed by atoms with E-state index in [1.54, 1.807) is 20.8 Å². The zero-order chi connectivity index (χ0) is 31.8. The van der Waals surface area contributed by atoms with Crippen LogP contribution >= 0.6 is 11.8 Å². The predicted octanol–water partition coefficient (Wildman–Crippen LogP) is 1.77. The molecule has 1 atom stereocenters. The van der Waals surface area contributed by atoms with Crippen LogP contribution in [0.15, 0.2) is 0 Å². The molecular weight excluding hydrogens is 568 g/mol. The van der Waals surface area contributed by atoms with Gasteiger partial charge in [0.15, 0.2) is 0 Å². The summed E-state index contributed by atoms with van der Waals surface area (Å²) in [5.41, 5.74) is -0.671. The first-order valence-electron chi connectivity index (χ1n) is 14.5. The number of rotatable bonds is 23. The van der Waals surface area contributed by atoms with Crippen LogP contribution in [0.25, 0.3) is 0 Å². The standard InChI is InChI=1S/C28H52N4O9S/c1-21(2)19-22(32-27(37)41-28(3,4)5)26(36)42-20-25(35)31-12-8-14-39-16-18-40-17-15-38-13-7-11-30-24(34)10-9-23(33)29-6/h21-22H,7-20H2,1-6H3,(H,29,33)(H,30,34)(H,31,35)(H,32,37). The predicted molar refractivity (Wildman–Crippen MR) is 161 cm³/mol. The lowest BCUT2D eigenvalue weighted by Crippen LogP contribution is -2.43. The van der Waals surface area contributed by atoms with Crippen LogP contribution < -0.4 is 21.3 Å². The molecule has 0 rings (SSSR count). The number of amides is 4. The van der Waals surface area contributed by atoms with Gasteiger partial charge in [-0.15, -0.1) is 0 Å². The lowest BCUT2D eigenvalue weighted by atomic mass is 10.1. The van der Waals surface area contributed by atoms with Gasteiger partial charge in [-0.2, -0.15) is 0 Å². The van der Waals surface area contributed by atoms with Crippen molar-refractivity contribution in [3.05, 3.63) is 0 Å². The number of ether oxygens (including phenoxy) is 4. The second-order valence-corrected chi connectivity index (χ2v) is 11.8. The van der Waals surface area contributed by atoms with Gasteiger partial charge in [-0.25, -0.2) is 4.79 Å². The molecule has 0 fully saturated rings. The zero-order valence-corrected chi connectivity index (χ0v) is 27.0.